The molecule has 44 heavy (non-hydrogen) atoms. The number of azide groups is 2. The summed E-state index contributed by atoms with van der Waals surface area (Å²) in [6, 6.07) is -1.64. The quantitative estimate of drug-likeness (QED) is 0.209. The molecule has 2 N–H and O–H groups in total. The van der Waals surface area contributed by atoms with Crippen LogP contribution in [-0.2, 0) is 9.47 Å². The Morgan fingerprint density at radius 1 is 0.795 bits per heavy atom. The molecule has 0 aromatic carbocycles. The lowest BCUT2D eigenvalue weighted by Gasteiger charge is -2.18. The number of aliphatic hydroxyl groups is 2. The Morgan fingerprint density at radius 3 is 1.48 bits per heavy atom. The summed E-state index contributed by atoms with van der Waals surface area (Å²) in [6.45, 7) is 1.64. The first-order valence-corrected chi connectivity index (χ1v) is 13.3. The van der Waals surface area contributed by atoms with Gasteiger partial charge in [0.1, 0.15) is 12.5 Å². The van der Waals surface area contributed by atoms with Gasteiger partial charge in [0.05, 0.1) is 37.5 Å². The van der Waals surface area contributed by atoms with E-state index >= 15 is 0 Å². The molecule has 2 aromatic rings. The Bertz CT molecular complexity index is 1680. The molecule has 0 radical (unpaired) electrons. The zero-order valence-electron chi connectivity index (χ0n) is 23.5. The van der Waals surface area contributed by atoms with Gasteiger partial charge in [-0.2, -0.15) is 9.13 Å². The van der Waals surface area contributed by atoms with Gasteiger partial charge >= 0.3 is 11.4 Å². The van der Waals surface area contributed by atoms with Gasteiger partial charge in [-0.25, -0.2) is 9.59 Å². The molecule has 2 aromatic heterocycles. The molecule has 2 saturated heterocycles. The van der Waals surface area contributed by atoms with Gasteiger partial charge in [-0.05, 0) is 24.9 Å². The molecule has 20 nitrogen and oxygen atoms in total. The van der Waals surface area contributed by atoms with Crippen molar-refractivity contribution in [3.05, 3.63) is 86.1 Å². The standard InChI is InChI=1S/C24H28N10O10/c1-11-7-31(19-5-13(27-29-25)15(9-35)43-19)23(41)33(21(11)39)17(37)3-4-18(38)34-22(40)12(2)8-32(24(34)42)20-6-14(28-30-26)16(10-36)44-20/h7-8,13-16,19-20,35-36H,3-6,9-10H2,1-2H3/t13-,14-,15+,16+,19+,20+/m0/s1. The Morgan fingerprint density at radius 2 is 1.16 bits per heavy atom. The predicted octanol–water partition coefficient (Wildman–Crippen LogP) is -0.372. The number of hydrogen-bond acceptors (Lipinski definition) is 12. The molecule has 234 valence electrons. The molecule has 0 saturated carbocycles. The van der Waals surface area contributed by atoms with Crippen LogP contribution in [0.4, 0.5) is 0 Å². The Kier molecular flexibility index (Phi) is 9.63. The van der Waals surface area contributed by atoms with Gasteiger partial charge in [0.15, 0.2) is 0 Å². The predicted molar refractivity (Wildman–Crippen MR) is 147 cm³/mol. The largest absolute Gasteiger partial charge is 0.394 e. The molecular formula is C24H28N10O10. The number of aryl methyl sites for hydroxylation is 2. The van der Waals surface area contributed by atoms with Gasteiger partial charge < -0.3 is 19.7 Å². The van der Waals surface area contributed by atoms with Crippen molar-refractivity contribution in [2.24, 2.45) is 10.2 Å². The van der Waals surface area contributed by atoms with Gasteiger partial charge in [-0.15, -0.1) is 0 Å². The van der Waals surface area contributed by atoms with Crippen LogP contribution in [-0.4, -0.2) is 77.8 Å². The topological polar surface area (TPSA) is 279 Å². The van der Waals surface area contributed by atoms with Crippen molar-refractivity contribution in [2.45, 2.75) is 76.3 Å². The lowest BCUT2D eigenvalue weighted by Crippen LogP contribution is -2.47. The second kappa shape index (κ2) is 13.2. The molecule has 0 spiro atoms. The summed E-state index contributed by atoms with van der Waals surface area (Å²) in [5.41, 5.74) is 13.3. The van der Waals surface area contributed by atoms with Crippen LogP contribution in [0.2, 0.25) is 0 Å². The number of aliphatic hydroxyl groups excluding tert-OH is 2. The maximum absolute atomic E-state index is 13.2. The van der Waals surface area contributed by atoms with Crippen molar-refractivity contribution in [3.63, 3.8) is 0 Å². The van der Waals surface area contributed by atoms with E-state index in [-0.39, 0.29) is 24.0 Å². The SMILES string of the molecule is Cc1cn([C@H]2C[C@H](N=[N+]=[N-])[C@@H](CO)O2)c(=O)n(C(=O)CCC(=O)n2c(=O)c(C)cn([C@H]3C[C@H](N=[N+]=[N-])[C@@H](CO)O3)c2=O)c1=O. The zero-order valence-corrected chi connectivity index (χ0v) is 23.5. The van der Waals surface area contributed by atoms with Crippen molar-refractivity contribution >= 4 is 11.8 Å². The minimum absolute atomic E-state index is 0.0322. The molecule has 2 aliphatic heterocycles. The van der Waals surface area contributed by atoms with E-state index in [4.69, 9.17) is 20.5 Å². The van der Waals surface area contributed by atoms with E-state index < -0.39 is 97.1 Å². The summed E-state index contributed by atoms with van der Waals surface area (Å²) in [4.78, 5) is 83.6. The Labute approximate surface area is 245 Å². The van der Waals surface area contributed by atoms with E-state index in [0.29, 0.717) is 9.13 Å². The van der Waals surface area contributed by atoms with Gasteiger partial charge in [-0.1, -0.05) is 10.2 Å². The number of ether oxygens (including phenoxy) is 2. The van der Waals surface area contributed by atoms with Gasteiger partial charge in [0.25, 0.3) is 11.1 Å². The first kappa shape index (κ1) is 32.1. The summed E-state index contributed by atoms with van der Waals surface area (Å²) < 4.78 is 13.7. The number of carbonyl (C=O) groups is 2. The van der Waals surface area contributed by atoms with Crippen LogP contribution in [0.5, 0.6) is 0 Å². The Balaban J connectivity index is 1.60. The average molecular weight is 617 g/mol. The van der Waals surface area contributed by atoms with Gasteiger partial charge in [0.2, 0.25) is 11.8 Å². The summed E-state index contributed by atoms with van der Waals surface area (Å²) in [7, 11) is 0. The van der Waals surface area contributed by atoms with E-state index in [1.54, 1.807) is 0 Å². The zero-order chi connectivity index (χ0) is 32.3. The lowest BCUT2D eigenvalue weighted by atomic mass is 10.1. The first-order chi connectivity index (χ1) is 21.0. The highest BCUT2D eigenvalue weighted by molar-refractivity contribution is 5.86. The third kappa shape index (κ3) is 5.98. The number of rotatable bonds is 9. The van der Waals surface area contributed by atoms with Crippen LogP contribution >= 0.6 is 0 Å². The van der Waals surface area contributed by atoms with Gasteiger partial charge in [0, 0.05) is 59.0 Å². The summed E-state index contributed by atoms with van der Waals surface area (Å²) in [5.74, 6) is -2.20. The third-order valence-corrected chi connectivity index (χ3v) is 7.41. The highest BCUT2D eigenvalue weighted by Gasteiger charge is 2.38. The van der Waals surface area contributed by atoms with Crippen LogP contribution in [0.3, 0.4) is 0 Å². The fraction of sp³-hybridized carbons (Fsp3) is 0.583. The molecule has 2 aliphatic rings. The smallest absolute Gasteiger partial charge is 0.340 e. The number of nitrogens with zero attached hydrogens (tertiary/aromatic N) is 10. The van der Waals surface area contributed by atoms with Crippen molar-refractivity contribution in [1.29, 1.82) is 0 Å². The molecule has 4 heterocycles. The van der Waals surface area contributed by atoms with Crippen molar-refractivity contribution in [3.8, 4) is 0 Å². The molecule has 0 aliphatic carbocycles. The van der Waals surface area contributed by atoms with Crippen LogP contribution in [0.1, 0.15) is 58.9 Å². The van der Waals surface area contributed by atoms with E-state index in [2.05, 4.69) is 20.1 Å². The second-order valence-electron chi connectivity index (χ2n) is 10.2. The molecule has 0 bridgehead atoms. The van der Waals surface area contributed by atoms with E-state index in [9.17, 15) is 39.0 Å². The monoisotopic (exact) mass is 616 g/mol. The molecular weight excluding hydrogens is 588 g/mol. The maximum atomic E-state index is 13.2. The van der Waals surface area contributed by atoms with E-state index in [1.807, 2.05) is 0 Å². The average Bonchev–Trinajstić information content (AvgIpc) is 3.60. The highest BCUT2D eigenvalue weighted by Crippen LogP contribution is 2.31. The molecule has 20 heteroatoms. The fourth-order valence-corrected chi connectivity index (χ4v) is 5.16. The van der Waals surface area contributed by atoms with Crippen LogP contribution < -0.4 is 22.5 Å². The number of aromatic nitrogens is 4. The van der Waals surface area contributed by atoms with Crippen molar-refractivity contribution in [1.82, 2.24) is 18.3 Å². The Hall–Kier alpha value is -4.84. The molecule has 2 fully saturated rings. The first-order valence-electron chi connectivity index (χ1n) is 13.3. The summed E-state index contributed by atoms with van der Waals surface area (Å²) in [5, 5.41) is 26.1. The molecule has 6 atom stereocenters. The normalized spacial score (nSPS) is 24.5. The second-order valence-corrected chi connectivity index (χ2v) is 10.2. The van der Waals surface area contributed by atoms with Crippen molar-refractivity contribution in [2.75, 3.05) is 13.2 Å². The number of carbonyl (C=O) groups excluding carboxylic acids is 2. The highest BCUT2D eigenvalue weighted by atomic mass is 16.5. The molecule has 0 amide bonds. The van der Waals surface area contributed by atoms with Crippen LogP contribution in [0, 0.1) is 13.8 Å². The van der Waals surface area contributed by atoms with E-state index in [1.165, 1.54) is 13.8 Å². The third-order valence-electron chi connectivity index (χ3n) is 7.41. The minimum Gasteiger partial charge on any atom is -0.394 e. The number of hydrogen-bond donors (Lipinski definition) is 2. The molecule has 0 unspecified atom stereocenters. The van der Waals surface area contributed by atoms with E-state index in [0.717, 1.165) is 21.5 Å². The van der Waals surface area contributed by atoms with Crippen LogP contribution in [0.25, 0.3) is 20.9 Å². The molecule has 4 rings (SSSR count). The maximum Gasteiger partial charge on any atom is 0.340 e. The summed E-state index contributed by atoms with van der Waals surface area (Å²) in [6.07, 6.45) is -3.25. The van der Waals surface area contributed by atoms with Crippen molar-refractivity contribution < 1.29 is 29.3 Å². The van der Waals surface area contributed by atoms with Crippen LogP contribution in [0.15, 0.2) is 41.8 Å². The lowest BCUT2D eigenvalue weighted by molar-refractivity contribution is -0.0277. The minimum atomic E-state index is -1.11. The fourth-order valence-electron chi connectivity index (χ4n) is 5.16. The van der Waals surface area contributed by atoms with Gasteiger partial charge in [-0.3, -0.25) is 28.3 Å². The summed E-state index contributed by atoms with van der Waals surface area (Å²) >= 11 is 0.